The summed E-state index contributed by atoms with van der Waals surface area (Å²) in [6, 6.07) is 5.20. The number of carbonyl (C=O) groups is 1. The summed E-state index contributed by atoms with van der Waals surface area (Å²) in [5, 5.41) is 0. The Kier molecular flexibility index (Phi) is 3.83. The number of benzene rings is 1. The molecule has 88 valence electrons. The topological polar surface area (TPSA) is 71.4 Å². The average molecular weight is 242 g/mol. The van der Waals surface area contributed by atoms with Gasteiger partial charge >= 0.3 is 0 Å². The quantitative estimate of drug-likeness (QED) is 0.645. The van der Waals surface area contributed by atoms with Crippen LogP contribution in [0.5, 0.6) is 0 Å². The molecule has 1 rings (SSSR count). The van der Waals surface area contributed by atoms with Gasteiger partial charge in [0.15, 0.2) is 5.78 Å². The number of aryl methyl sites for hydroxylation is 2. The van der Waals surface area contributed by atoms with Crippen molar-refractivity contribution in [1.29, 1.82) is 0 Å². The molecule has 0 spiro atoms. The van der Waals surface area contributed by atoms with Crippen LogP contribution in [0, 0.1) is 13.8 Å². The maximum absolute atomic E-state index is 11.6. The molecule has 0 aliphatic carbocycles. The van der Waals surface area contributed by atoms with Gasteiger partial charge in [-0.15, -0.1) is 0 Å². The third-order valence-corrected chi connectivity index (χ3v) is 3.14. The number of rotatable bonds is 4. The lowest BCUT2D eigenvalue weighted by atomic mass is 10.0. The molecule has 0 aromatic heterocycles. The van der Waals surface area contributed by atoms with Crippen LogP contribution in [0.1, 0.15) is 27.9 Å². The van der Waals surface area contributed by atoms with E-state index < -0.39 is 15.9 Å². The lowest BCUT2D eigenvalue weighted by Crippen LogP contribution is -2.10. The van der Waals surface area contributed by atoms with E-state index in [1.54, 1.807) is 12.1 Å². The summed E-state index contributed by atoms with van der Waals surface area (Å²) in [5.74, 6) is -0.806. The number of carbonyl (C=O) groups excluding carboxylic acids is 1. The molecule has 4 nitrogen and oxygen atoms in total. The third kappa shape index (κ3) is 3.75. The third-order valence-electron chi connectivity index (χ3n) is 2.42. The second-order valence-electron chi connectivity index (χ2n) is 3.76. The van der Waals surface area contributed by atoms with Gasteiger partial charge in [0.1, 0.15) is 0 Å². The minimum Gasteiger partial charge on any atom is -0.294 e. The van der Waals surface area contributed by atoms with E-state index >= 15 is 0 Å². The van der Waals surface area contributed by atoms with Crippen molar-refractivity contribution in [2.24, 2.45) is 0 Å². The van der Waals surface area contributed by atoms with Gasteiger partial charge in [0.25, 0.3) is 10.1 Å². The molecule has 0 atom stereocenters. The summed E-state index contributed by atoms with van der Waals surface area (Å²) in [7, 11) is -4.07. The maximum Gasteiger partial charge on any atom is 0.265 e. The highest BCUT2D eigenvalue weighted by Crippen LogP contribution is 2.11. The van der Waals surface area contributed by atoms with E-state index in [4.69, 9.17) is 4.55 Å². The molecule has 1 N–H and O–H groups in total. The van der Waals surface area contributed by atoms with E-state index in [1.807, 2.05) is 19.9 Å². The molecule has 0 heterocycles. The molecule has 0 bridgehead atoms. The molecule has 16 heavy (non-hydrogen) atoms. The zero-order valence-electron chi connectivity index (χ0n) is 9.23. The van der Waals surface area contributed by atoms with Crippen molar-refractivity contribution in [1.82, 2.24) is 0 Å². The highest BCUT2D eigenvalue weighted by molar-refractivity contribution is 7.85. The zero-order valence-corrected chi connectivity index (χ0v) is 10.0. The van der Waals surface area contributed by atoms with E-state index in [0.29, 0.717) is 5.56 Å². The van der Waals surface area contributed by atoms with Crippen LogP contribution >= 0.6 is 0 Å². The second kappa shape index (κ2) is 4.76. The van der Waals surface area contributed by atoms with Gasteiger partial charge in [-0.3, -0.25) is 9.35 Å². The highest BCUT2D eigenvalue weighted by atomic mass is 32.2. The van der Waals surface area contributed by atoms with Crippen molar-refractivity contribution in [3.05, 3.63) is 34.9 Å². The predicted octanol–water partition coefficient (Wildman–Crippen LogP) is 1.76. The fraction of sp³-hybridized carbons (Fsp3) is 0.364. The van der Waals surface area contributed by atoms with Gasteiger partial charge in [-0.1, -0.05) is 12.1 Å². The molecule has 0 fully saturated rings. The highest BCUT2D eigenvalue weighted by Gasteiger charge is 2.11. The van der Waals surface area contributed by atoms with Crippen LogP contribution in [0.25, 0.3) is 0 Å². The maximum atomic E-state index is 11.6. The summed E-state index contributed by atoms with van der Waals surface area (Å²) < 4.78 is 29.5. The van der Waals surface area contributed by atoms with E-state index in [1.165, 1.54) is 0 Å². The van der Waals surface area contributed by atoms with Crippen molar-refractivity contribution in [3.8, 4) is 0 Å². The van der Waals surface area contributed by atoms with Crippen molar-refractivity contribution in [3.63, 3.8) is 0 Å². The van der Waals surface area contributed by atoms with Gasteiger partial charge in [0.2, 0.25) is 0 Å². The van der Waals surface area contributed by atoms with Crippen molar-refractivity contribution < 1.29 is 17.8 Å². The molecule has 0 saturated heterocycles. The molecule has 0 unspecified atom stereocenters. The average Bonchev–Trinajstić information content (AvgIpc) is 2.17. The van der Waals surface area contributed by atoms with E-state index in [0.717, 1.165) is 11.1 Å². The summed E-state index contributed by atoms with van der Waals surface area (Å²) >= 11 is 0. The first-order chi connectivity index (χ1) is 7.29. The van der Waals surface area contributed by atoms with Crippen LogP contribution < -0.4 is 0 Å². The molecule has 0 aliphatic heterocycles. The minimum absolute atomic E-state index is 0.193. The Bertz CT molecular complexity index is 503. The van der Waals surface area contributed by atoms with Crippen LogP contribution in [0.3, 0.4) is 0 Å². The lowest BCUT2D eigenvalue weighted by Gasteiger charge is -2.03. The largest absolute Gasteiger partial charge is 0.294 e. The van der Waals surface area contributed by atoms with E-state index in [2.05, 4.69) is 0 Å². The Morgan fingerprint density at radius 3 is 2.38 bits per heavy atom. The monoisotopic (exact) mass is 242 g/mol. The van der Waals surface area contributed by atoms with Crippen molar-refractivity contribution >= 4 is 15.9 Å². The number of ketones is 1. The van der Waals surface area contributed by atoms with Gasteiger partial charge in [0.05, 0.1) is 5.75 Å². The Hall–Kier alpha value is -1.20. The zero-order chi connectivity index (χ0) is 12.3. The molecule has 1 aromatic carbocycles. The Labute approximate surface area is 95.0 Å². The first kappa shape index (κ1) is 12.9. The normalized spacial score (nSPS) is 11.4. The first-order valence-corrected chi connectivity index (χ1v) is 6.46. The van der Waals surface area contributed by atoms with Gasteiger partial charge in [-0.2, -0.15) is 8.42 Å². The van der Waals surface area contributed by atoms with Crippen molar-refractivity contribution in [2.45, 2.75) is 20.3 Å². The molecular weight excluding hydrogens is 228 g/mol. The molecule has 0 aliphatic rings. The fourth-order valence-corrected chi connectivity index (χ4v) is 1.72. The van der Waals surface area contributed by atoms with Gasteiger partial charge < -0.3 is 0 Å². The van der Waals surface area contributed by atoms with Gasteiger partial charge in [0, 0.05) is 12.0 Å². The van der Waals surface area contributed by atoms with Crippen LogP contribution in [0.4, 0.5) is 0 Å². The lowest BCUT2D eigenvalue weighted by molar-refractivity contribution is 0.0988. The van der Waals surface area contributed by atoms with Crippen LogP contribution in [-0.4, -0.2) is 24.5 Å². The smallest absolute Gasteiger partial charge is 0.265 e. The molecular formula is C11H14O4S. The van der Waals surface area contributed by atoms with Crippen molar-refractivity contribution in [2.75, 3.05) is 5.75 Å². The summed E-state index contributed by atoms with van der Waals surface area (Å²) in [5.41, 5.74) is 2.54. The van der Waals surface area contributed by atoms with Gasteiger partial charge in [-0.05, 0) is 31.0 Å². The van der Waals surface area contributed by atoms with Gasteiger partial charge in [-0.25, -0.2) is 0 Å². The molecule has 0 amide bonds. The minimum atomic E-state index is -4.07. The number of Topliss-reactive ketones (excluding diaryl/α,β-unsaturated/α-hetero) is 1. The SMILES string of the molecule is Cc1ccc(C(=O)CCS(=O)(=O)O)cc1C. The molecule has 5 heteroatoms. The van der Waals surface area contributed by atoms with Crippen LogP contribution in [-0.2, 0) is 10.1 Å². The molecule has 0 saturated carbocycles. The summed E-state index contributed by atoms with van der Waals surface area (Å²) in [6.07, 6.45) is -0.193. The Morgan fingerprint density at radius 1 is 1.25 bits per heavy atom. The Morgan fingerprint density at radius 2 is 1.88 bits per heavy atom. The predicted molar refractivity (Wildman–Crippen MR) is 61.3 cm³/mol. The standard InChI is InChI=1S/C11H14O4S/c1-8-3-4-10(7-9(8)2)11(12)5-6-16(13,14)15/h3-4,7H,5-6H2,1-2H3,(H,13,14,15). The number of hydrogen-bond acceptors (Lipinski definition) is 3. The fourth-order valence-electron chi connectivity index (χ4n) is 1.28. The van der Waals surface area contributed by atoms with Crippen LogP contribution in [0.2, 0.25) is 0 Å². The molecule has 1 aromatic rings. The van der Waals surface area contributed by atoms with E-state index in [-0.39, 0.29) is 12.2 Å². The second-order valence-corrected chi connectivity index (χ2v) is 5.33. The molecule has 0 radical (unpaired) electrons. The first-order valence-electron chi connectivity index (χ1n) is 4.85. The summed E-state index contributed by atoms with van der Waals surface area (Å²) in [4.78, 5) is 11.6. The number of hydrogen-bond donors (Lipinski definition) is 1. The van der Waals surface area contributed by atoms with Crippen LogP contribution in [0.15, 0.2) is 18.2 Å². The van der Waals surface area contributed by atoms with E-state index in [9.17, 15) is 13.2 Å². The summed E-state index contributed by atoms with van der Waals surface area (Å²) in [6.45, 7) is 3.82. The Balaban J connectivity index is 2.78.